The molecule has 0 bridgehead atoms. The summed E-state index contributed by atoms with van der Waals surface area (Å²) in [5.41, 5.74) is 7.85. The maximum atomic E-state index is 2.38. The zero-order valence-electron chi connectivity index (χ0n) is 17.3. The van der Waals surface area contributed by atoms with Crippen LogP contribution in [0.1, 0.15) is 52.7 Å². The lowest BCUT2D eigenvalue weighted by molar-refractivity contribution is 0.866. The molecule has 2 rings (SSSR count). The zero-order valence-corrected chi connectivity index (χ0v) is 17.3. The van der Waals surface area contributed by atoms with E-state index in [0.717, 1.165) is 26.2 Å². The number of anilines is 2. The lowest BCUT2D eigenvalue weighted by atomic mass is 9.93. The van der Waals surface area contributed by atoms with E-state index < -0.39 is 0 Å². The Morgan fingerprint density at radius 1 is 0.577 bits per heavy atom. The Labute approximate surface area is 160 Å². The Morgan fingerprint density at radius 2 is 0.885 bits per heavy atom. The predicted octanol–water partition coefficient (Wildman–Crippen LogP) is 6.22. The van der Waals surface area contributed by atoms with Gasteiger partial charge < -0.3 is 9.80 Å². The van der Waals surface area contributed by atoms with Gasteiger partial charge in [-0.05, 0) is 82.5 Å². The van der Waals surface area contributed by atoms with Crippen LogP contribution in [-0.4, -0.2) is 26.2 Å². The van der Waals surface area contributed by atoms with E-state index in [0.29, 0.717) is 0 Å². The van der Waals surface area contributed by atoms with Crippen LogP contribution in [0.4, 0.5) is 11.4 Å². The molecule has 0 aliphatic carbocycles. The highest BCUT2D eigenvalue weighted by Crippen LogP contribution is 2.30. The van der Waals surface area contributed by atoms with Gasteiger partial charge in [0.1, 0.15) is 0 Å². The van der Waals surface area contributed by atoms with Crippen LogP contribution in [0.3, 0.4) is 0 Å². The molecule has 2 heteroatoms. The average molecular weight is 351 g/mol. The van der Waals surface area contributed by atoms with Crippen molar-refractivity contribution in [3.63, 3.8) is 0 Å². The van der Waals surface area contributed by atoms with Crippen molar-refractivity contribution >= 4 is 16.9 Å². The first-order valence-electron chi connectivity index (χ1n) is 9.93. The van der Waals surface area contributed by atoms with Crippen molar-refractivity contribution in [1.82, 2.24) is 0 Å². The number of hydrogen-bond donors (Lipinski definition) is 0. The van der Waals surface area contributed by atoms with Gasteiger partial charge in [0.05, 0.1) is 0 Å². The highest BCUT2D eigenvalue weighted by atomic mass is 15.1. The van der Waals surface area contributed by atoms with Crippen LogP contribution in [0.2, 0.25) is 0 Å². The highest BCUT2D eigenvalue weighted by Gasteiger charge is 2.10. The highest BCUT2D eigenvalue weighted by molar-refractivity contribution is 5.82. The summed E-state index contributed by atoms with van der Waals surface area (Å²) in [6.07, 6.45) is 0. The third-order valence-electron chi connectivity index (χ3n) is 5.07. The third-order valence-corrected chi connectivity index (χ3v) is 5.07. The molecule has 0 aliphatic rings. The molecule has 0 heterocycles. The molecule has 0 radical (unpaired) electrons. The maximum absolute atomic E-state index is 2.38. The van der Waals surface area contributed by atoms with Crippen LogP contribution >= 0.6 is 0 Å². The van der Waals surface area contributed by atoms with E-state index in [1.807, 2.05) is 0 Å². The molecule has 2 nitrogen and oxygen atoms in total. The normalized spacial score (nSPS) is 10.5. The quantitative estimate of drug-likeness (QED) is 0.557. The number of hydrogen-bond acceptors (Lipinski definition) is 2. The second-order valence-corrected chi connectivity index (χ2v) is 6.81. The summed E-state index contributed by atoms with van der Waals surface area (Å²) in [5.74, 6) is 0. The second-order valence-electron chi connectivity index (χ2n) is 6.81. The van der Waals surface area contributed by atoms with E-state index in [1.165, 1.54) is 33.6 Å². The minimum absolute atomic E-state index is 1.04. The molecule has 0 unspecified atom stereocenters. The van der Waals surface area contributed by atoms with Crippen molar-refractivity contribution in [3.05, 3.63) is 65.2 Å². The van der Waals surface area contributed by atoms with Crippen molar-refractivity contribution in [3.8, 4) is 0 Å². The van der Waals surface area contributed by atoms with E-state index in [1.54, 1.807) is 0 Å². The first-order chi connectivity index (χ1) is 12.5. The van der Waals surface area contributed by atoms with Crippen molar-refractivity contribution in [1.29, 1.82) is 0 Å². The second kappa shape index (κ2) is 9.47. The Kier molecular flexibility index (Phi) is 7.32. The van der Waals surface area contributed by atoms with Gasteiger partial charge in [-0.1, -0.05) is 29.8 Å². The molecule has 0 saturated heterocycles. The molecule has 0 spiro atoms. The van der Waals surface area contributed by atoms with Crippen LogP contribution in [0.5, 0.6) is 0 Å². The summed E-state index contributed by atoms with van der Waals surface area (Å²) in [4.78, 5) is 4.76. The van der Waals surface area contributed by atoms with Gasteiger partial charge >= 0.3 is 0 Å². The van der Waals surface area contributed by atoms with Gasteiger partial charge in [-0.15, -0.1) is 0 Å². The smallest absolute Gasteiger partial charge is 0.0366 e. The molecule has 0 fully saturated rings. The fraction of sp³-hybridized carbons (Fsp3) is 0.417. The lowest BCUT2D eigenvalue weighted by Crippen LogP contribution is -2.21. The number of allylic oxidation sites excluding steroid dienone is 1. The van der Waals surface area contributed by atoms with Crippen LogP contribution in [0.25, 0.3) is 5.57 Å². The molecule has 0 N–H and O–H groups in total. The van der Waals surface area contributed by atoms with Gasteiger partial charge in [0, 0.05) is 37.6 Å². The molecule has 140 valence electrons. The van der Waals surface area contributed by atoms with Crippen molar-refractivity contribution < 1.29 is 0 Å². The van der Waals surface area contributed by atoms with E-state index >= 15 is 0 Å². The van der Waals surface area contributed by atoms with Crippen molar-refractivity contribution in [2.24, 2.45) is 0 Å². The Balaban J connectivity index is 2.34. The van der Waals surface area contributed by atoms with Gasteiger partial charge in [-0.25, -0.2) is 0 Å². The van der Waals surface area contributed by atoms with E-state index in [4.69, 9.17) is 0 Å². The summed E-state index contributed by atoms with van der Waals surface area (Å²) in [6, 6.07) is 18.0. The van der Waals surface area contributed by atoms with Gasteiger partial charge in [-0.3, -0.25) is 0 Å². The van der Waals surface area contributed by atoms with Crippen molar-refractivity contribution in [2.75, 3.05) is 36.0 Å². The standard InChI is InChI=1S/C24H34N2/c1-7-25(8-2)22-15-11-20(12-16-22)24(19(5)6)21-13-17-23(18-14-21)26(9-3)10-4/h11-18H,7-10H2,1-6H3. The van der Waals surface area contributed by atoms with Crippen LogP contribution in [0.15, 0.2) is 54.1 Å². The molecule has 0 amide bonds. The summed E-state index contributed by atoms with van der Waals surface area (Å²) < 4.78 is 0. The number of benzene rings is 2. The lowest BCUT2D eigenvalue weighted by Gasteiger charge is -2.22. The van der Waals surface area contributed by atoms with Crippen LogP contribution < -0.4 is 9.80 Å². The predicted molar refractivity (Wildman–Crippen MR) is 117 cm³/mol. The Bertz CT molecular complexity index is 641. The molecule has 0 aliphatic heterocycles. The molecule has 2 aromatic rings. The van der Waals surface area contributed by atoms with Crippen molar-refractivity contribution in [2.45, 2.75) is 41.5 Å². The minimum atomic E-state index is 1.04. The van der Waals surface area contributed by atoms with Crippen LogP contribution in [-0.2, 0) is 0 Å². The molecule has 0 aromatic heterocycles. The van der Waals surface area contributed by atoms with Gasteiger partial charge in [-0.2, -0.15) is 0 Å². The number of rotatable bonds is 8. The van der Waals surface area contributed by atoms with Gasteiger partial charge in [0.2, 0.25) is 0 Å². The topological polar surface area (TPSA) is 6.48 Å². The first-order valence-corrected chi connectivity index (χ1v) is 9.93. The Hall–Kier alpha value is -2.22. The molecule has 0 atom stereocenters. The SMILES string of the molecule is CCN(CC)c1ccc(C(=C(C)C)c2ccc(N(CC)CC)cc2)cc1. The third kappa shape index (κ3) is 4.49. The molecule has 2 aromatic carbocycles. The van der Waals surface area contributed by atoms with E-state index in [2.05, 4.69) is 99.9 Å². The number of nitrogens with zero attached hydrogens (tertiary/aromatic N) is 2. The minimum Gasteiger partial charge on any atom is -0.372 e. The fourth-order valence-corrected chi connectivity index (χ4v) is 3.60. The summed E-state index contributed by atoms with van der Waals surface area (Å²) in [7, 11) is 0. The molecule has 0 saturated carbocycles. The van der Waals surface area contributed by atoms with Crippen LogP contribution in [0, 0.1) is 0 Å². The zero-order chi connectivity index (χ0) is 19.1. The maximum Gasteiger partial charge on any atom is 0.0366 e. The first kappa shape index (κ1) is 20.1. The Morgan fingerprint density at radius 3 is 1.12 bits per heavy atom. The van der Waals surface area contributed by atoms with E-state index in [9.17, 15) is 0 Å². The fourth-order valence-electron chi connectivity index (χ4n) is 3.60. The monoisotopic (exact) mass is 350 g/mol. The largest absolute Gasteiger partial charge is 0.372 e. The summed E-state index contributed by atoms with van der Waals surface area (Å²) >= 11 is 0. The van der Waals surface area contributed by atoms with E-state index in [-0.39, 0.29) is 0 Å². The summed E-state index contributed by atoms with van der Waals surface area (Å²) in [6.45, 7) is 17.4. The van der Waals surface area contributed by atoms with Gasteiger partial charge in [0.25, 0.3) is 0 Å². The summed E-state index contributed by atoms with van der Waals surface area (Å²) in [5, 5.41) is 0. The molecular weight excluding hydrogens is 316 g/mol. The molecular formula is C24H34N2. The average Bonchev–Trinajstić information content (AvgIpc) is 2.66. The van der Waals surface area contributed by atoms with Gasteiger partial charge in [0.15, 0.2) is 0 Å². The molecule has 26 heavy (non-hydrogen) atoms.